The Kier molecular flexibility index (Phi) is 4.58. The number of nitrogens with zero attached hydrogens (tertiary/aromatic N) is 1. The van der Waals surface area contributed by atoms with Crippen molar-refractivity contribution in [3.63, 3.8) is 0 Å². The van der Waals surface area contributed by atoms with Gasteiger partial charge in [0.05, 0.1) is 5.57 Å². The maximum Gasteiger partial charge on any atom is 0.256 e. The zero-order valence-corrected chi connectivity index (χ0v) is 15.4. The molecule has 0 saturated heterocycles. The van der Waals surface area contributed by atoms with Crippen LogP contribution in [0, 0.1) is 0 Å². The van der Waals surface area contributed by atoms with E-state index in [1.54, 1.807) is 0 Å². The van der Waals surface area contributed by atoms with Crippen molar-refractivity contribution in [1.29, 1.82) is 0 Å². The maximum absolute atomic E-state index is 12.5. The zero-order valence-electron chi connectivity index (χ0n) is 13.9. The number of aromatic nitrogens is 1. The van der Waals surface area contributed by atoms with Crippen molar-refractivity contribution in [2.45, 2.75) is 6.42 Å². The van der Waals surface area contributed by atoms with Crippen LogP contribution in [0.15, 0.2) is 60.8 Å². The molecule has 5 heteroatoms. The summed E-state index contributed by atoms with van der Waals surface area (Å²) < 4.78 is 2.03. The summed E-state index contributed by atoms with van der Waals surface area (Å²) in [7, 11) is 0. The summed E-state index contributed by atoms with van der Waals surface area (Å²) >= 11 is 11.8. The van der Waals surface area contributed by atoms with Gasteiger partial charge in [-0.2, -0.15) is 0 Å². The van der Waals surface area contributed by atoms with Crippen LogP contribution in [-0.4, -0.2) is 16.4 Å². The number of aryl methyl sites for hydroxylation is 1. The number of alkyl halides is 1. The average molecular weight is 383 g/mol. The highest BCUT2D eigenvalue weighted by Gasteiger charge is 2.24. The fraction of sp³-hybridized carbons (Fsp3) is 0.0952. The highest BCUT2D eigenvalue weighted by atomic mass is 35.5. The number of halogens is 2. The Morgan fingerprint density at radius 2 is 1.88 bits per heavy atom. The zero-order chi connectivity index (χ0) is 18.1. The molecule has 1 amide bonds. The molecule has 1 aromatic heterocycles. The van der Waals surface area contributed by atoms with Crippen molar-refractivity contribution in [1.82, 2.24) is 4.57 Å². The van der Waals surface area contributed by atoms with E-state index in [1.807, 2.05) is 71.4 Å². The second-order valence-corrected chi connectivity index (χ2v) is 6.92. The van der Waals surface area contributed by atoms with E-state index in [9.17, 15) is 4.79 Å². The van der Waals surface area contributed by atoms with Gasteiger partial charge in [-0.1, -0.05) is 17.7 Å². The summed E-state index contributed by atoms with van der Waals surface area (Å²) in [5, 5.41) is 3.62. The number of carbonyl (C=O) groups is 1. The van der Waals surface area contributed by atoms with Crippen LogP contribution in [0.4, 0.5) is 5.69 Å². The molecular formula is C21H16Cl2N2O. The fourth-order valence-corrected chi connectivity index (χ4v) is 3.48. The van der Waals surface area contributed by atoms with E-state index in [2.05, 4.69) is 5.32 Å². The first-order chi connectivity index (χ1) is 12.7. The Hall–Kier alpha value is -2.49. The lowest BCUT2D eigenvalue weighted by atomic mass is 10.0. The molecule has 0 fully saturated rings. The van der Waals surface area contributed by atoms with Gasteiger partial charge in [-0.05, 0) is 66.6 Å². The van der Waals surface area contributed by atoms with Gasteiger partial charge in [0, 0.05) is 39.7 Å². The standard InChI is InChI=1S/C21H16Cl2N2O/c22-10-9-14-3-8-20-18(12-14)19(21(26)24-20)13-17-2-1-11-25(17)16-6-4-15(23)5-7-16/h1-8,11-13H,9-10H2,(H,24,26). The lowest BCUT2D eigenvalue weighted by molar-refractivity contribution is -0.110. The number of fused-ring (bicyclic) bond motifs is 1. The van der Waals surface area contributed by atoms with Gasteiger partial charge in [-0.15, -0.1) is 11.6 Å². The molecule has 0 unspecified atom stereocenters. The molecule has 0 atom stereocenters. The molecule has 130 valence electrons. The normalized spacial score (nSPS) is 14.5. The lowest BCUT2D eigenvalue weighted by Crippen LogP contribution is -2.04. The quantitative estimate of drug-likeness (QED) is 0.475. The highest BCUT2D eigenvalue weighted by molar-refractivity contribution is 6.35. The number of hydrogen-bond acceptors (Lipinski definition) is 1. The van der Waals surface area contributed by atoms with E-state index in [0.717, 1.165) is 34.6 Å². The van der Waals surface area contributed by atoms with Gasteiger partial charge < -0.3 is 9.88 Å². The Labute approximate surface area is 161 Å². The second kappa shape index (κ2) is 7.02. The molecule has 4 rings (SSSR count). The van der Waals surface area contributed by atoms with E-state index in [0.29, 0.717) is 16.5 Å². The SMILES string of the molecule is O=C1Nc2ccc(CCCl)cc2C1=Cc1cccn1-c1ccc(Cl)cc1. The highest BCUT2D eigenvalue weighted by Crippen LogP contribution is 2.34. The molecule has 3 aromatic rings. The molecular weight excluding hydrogens is 367 g/mol. The molecule has 0 saturated carbocycles. The molecule has 0 bridgehead atoms. The minimum Gasteiger partial charge on any atom is -0.321 e. The van der Waals surface area contributed by atoms with Crippen LogP contribution < -0.4 is 5.32 Å². The van der Waals surface area contributed by atoms with Gasteiger partial charge >= 0.3 is 0 Å². The molecule has 2 aromatic carbocycles. The van der Waals surface area contributed by atoms with Gasteiger partial charge in [-0.25, -0.2) is 0 Å². The summed E-state index contributed by atoms with van der Waals surface area (Å²) in [6.45, 7) is 0. The van der Waals surface area contributed by atoms with E-state index < -0.39 is 0 Å². The Bertz CT molecular complexity index is 1000. The second-order valence-electron chi connectivity index (χ2n) is 6.11. The van der Waals surface area contributed by atoms with Crippen LogP contribution in [0.25, 0.3) is 17.3 Å². The van der Waals surface area contributed by atoms with Gasteiger partial charge in [-0.3, -0.25) is 4.79 Å². The molecule has 1 aliphatic heterocycles. The average Bonchev–Trinajstić information content (AvgIpc) is 3.21. The molecule has 26 heavy (non-hydrogen) atoms. The summed E-state index contributed by atoms with van der Waals surface area (Å²) in [4.78, 5) is 12.5. The minimum absolute atomic E-state index is 0.0909. The summed E-state index contributed by atoms with van der Waals surface area (Å²) in [5.41, 5.74) is 5.44. The van der Waals surface area contributed by atoms with Gasteiger partial charge in [0.25, 0.3) is 5.91 Å². The van der Waals surface area contributed by atoms with Gasteiger partial charge in [0.1, 0.15) is 0 Å². The molecule has 2 heterocycles. The van der Waals surface area contributed by atoms with Crippen molar-refractivity contribution < 1.29 is 4.79 Å². The van der Waals surface area contributed by atoms with Crippen LogP contribution in [0.3, 0.4) is 0 Å². The number of hydrogen-bond donors (Lipinski definition) is 1. The molecule has 1 aliphatic rings. The van der Waals surface area contributed by atoms with Crippen LogP contribution in [-0.2, 0) is 11.2 Å². The van der Waals surface area contributed by atoms with Crippen molar-refractivity contribution in [2.24, 2.45) is 0 Å². The minimum atomic E-state index is -0.0909. The first-order valence-electron chi connectivity index (χ1n) is 8.31. The summed E-state index contributed by atoms with van der Waals surface area (Å²) in [6.07, 6.45) is 4.66. The molecule has 0 aliphatic carbocycles. The van der Waals surface area contributed by atoms with Crippen molar-refractivity contribution in [2.75, 3.05) is 11.2 Å². The van der Waals surface area contributed by atoms with Crippen molar-refractivity contribution in [3.05, 3.63) is 82.6 Å². The maximum atomic E-state index is 12.5. The van der Waals surface area contributed by atoms with Crippen LogP contribution in [0.5, 0.6) is 0 Å². The van der Waals surface area contributed by atoms with Crippen LogP contribution in [0.2, 0.25) is 5.02 Å². The van der Waals surface area contributed by atoms with Crippen LogP contribution >= 0.6 is 23.2 Å². The van der Waals surface area contributed by atoms with Crippen molar-refractivity contribution in [3.8, 4) is 5.69 Å². The van der Waals surface area contributed by atoms with Gasteiger partial charge in [0.2, 0.25) is 0 Å². The lowest BCUT2D eigenvalue weighted by Gasteiger charge is -2.08. The Balaban J connectivity index is 1.77. The smallest absolute Gasteiger partial charge is 0.256 e. The molecule has 0 spiro atoms. The number of nitrogens with one attached hydrogen (secondary N) is 1. The first kappa shape index (κ1) is 17.0. The van der Waals surface area contributed by atoms with E-state index in [4.69, 9.17) is 23.2 Å². The number of carbonyl (C=O) groups excluding carboxylic acids is 1. The van der Waals surface area contributed by atoms with E-state index in [1.165, 1.54) is 0 Å². The summed E-state index contributed by atoms with van der Waals surface area (Å²) in [5.74, 6) is 0.463. The van der Waals surface area contributed by atoms with E-state index in [-0.39, 0.29) is 5.91 Å². The summed E-state index contributed by atoms with van der Waals surface area (Å²) in [6, 6.07) is 17.5. The largest absolute Gasteiger partial charge is 0.321 e. The van der Waals surface area contributed by atoms with Gasteiger partial charge in [0.15, 0.2) is 0 Å². The molecule has 0 radical (unpaired) electrons. The predicted octanol–water partition coefficient (Wildman–Crippen LogP) is 5.40. The number of rotatable bonds is 4. The monoisotopic (exact) mass is 382 g/mol. The number of anilines is 1. The van der Waals surface area contributed by atoms with Crippen molar-refractivity contribution >= 4 is 46.4 Å². The number of benzene rings is 2. The predicted molar refractivity (Wildman–Crippen MR) is 108 cm³/mol. The fourth-order valence-electron chi connectivity index (χ4n) is 3.14. The third-order valence-electron chi connectivity index (χ3n) is 4.43. The van der Waals surface area contributed by atoms with Crippen LogP contribution in [0.1, 0.15) is 16.8 Å². The number of amides is 1. The molecule has 3 nitrogen and oxygen atoms in total. The topological polar surface area (TPSA) is 34.0 Å². The Morgan fingerprint density at radius 1 is 1.08 bits per heavy atom. The molecule has 1 N–H and O–H groups in total. The third-order valence-corrected chi connectivity index (χ3v) is 4.87. The third kappa shape index (κ3) is 3.16. The Morgan fingerprint density at radius 3 is 2.65 bits per heavy atom. The first-order valence-corrected chi connectivity index (χ1v) is 9.22. The van der Waals surface area contributed by atoms with E-state index >= 15 is 0 Å².